The van der Waals surface area contributed by atoms with Crippen LogP contribution in [0.15, 0.2) is 30.5 Å². The van der Waals surface area contributed by atoms with E-state index in [1.807, 2.05) is 58.2 Å². The van der Waals surface area contributed by atoms with Gasteiger partial charge in [0.05, 0.1) is 37.2 Å². The third kappa shape index (κ3) is 3.45. The van der Waals surface area contributed by atoms with Crippen molar-refractivity contribution in [2.45, 2.75) is 52.0 Å². The summed E-state index contributed by atoms with van der Waals surface area (Å²) >= 11 is 0. The van der Waals surface area contributed by atoms with E-state index < -0.39 is 18.3 Å². The molecule has 2 heterocycles. The molecule has 1 saturated heterocycles. The SMILES string of the molecule is COc1ccc(Cn2cc(B3OC(C)(C)C(C)(C)O3)c(CO)n2)cc1. The van der Waals surface area contributed by atoms with Crippen molar-refractivity contribution in [3.63, 3.8) is 0 Å². The Morgan fingerprint density at radius 2 is 1.72 bits per heavy atom. The van der Waals surface area contributed by atoms with E-state index in [2.05, 4.69) is 5.10 Å². The molecule has 1 N–H and O–H groups in total. The summed E-state index contributed by atoms with van der Waals surface area (Å²) in [7, 11) is 1.11. The standard InChI is InChI=1S/C18H25BN2O4/c1-17(2)18(3,4)25-19(24-17)15-11-21(20-16(15)12-22)10-13-6-8-14(23-5)9-7-13/h6-9,11,22H,10,12H2,1-5H3. The van der Waals surface area contributed by atoms with Crippen LogP contribution in [0, 0.1) is 0 Å². The lowest BCUT2D eigenvalue weighted by Crippen LogP contribution is -2.41. The van der Waals surface area contributed by atoms with Crippen LogP contribution in [0.2, 0.25) is 0 Å². The Labute approximate surface area is 148 Å². The molecule has 1 aliphatic rings. The Morgan fingerprint density at radius 3 is 2.24 bits per heavy atom. The van der Waals surface area contributed by atoms with E-state index in [0.29, 0.717) is 12.2 Å². The summed E-state index contributed by atoms with van der Waals surface area (Å²) in [6, 6.07) is 7.82. The van der Waals surface area contributed by atoms with Crippen LogP contribution in [0.3, 0.4) is 0 Å². The van der Waals surface area contributed by atoms with E-state index in [0.717, 1.165) is 16.8 Å². The Hall–Kier alpha value is -1.83. The van der Waals surface area contributed by atoms with Crippen LogP contribution in [0.5, 0.6) is 5.75 Å². The van der Waals surface area contributed by atoms with Gasteiger partial charge in [0.2, 0.25) is 0 Å². The minimum absolute atomic E-state index is 0.158. The lowest BCUT2D eigenvalue weighted by molar-refractivity contribution is 0.00578. The lowest BCUT2D eigenvalue weighted by Gasteiger charge is -2.32. The van der Waals surface area contributed by atoms with Crippen LogP contribution in [-0.4, -0.2) is 40.3 Å². The molecule has 7 heteroatoms. The van der Waals surface area contributed by atoms with Gasteiger partial charge in [-0.25, -0.2) is 0 Å². The molecule has 0 aliphatic carbocycles. The van der Waals surface area contributed by atoms with Crippen molar-refractivity contribution < 1.29 is 19.2 Å². The highest BCUT2D eigenvalue weighted by molar-refractivity contribution is 6.62. The molecule has 2 aromatic rings. The normalized spacial score (nSPS) is 18.6. The molecular formula is C18H25BN2O4. The van der Waals surface area contributed by atoms with Gasteiger partial charge in [-0.15, -0.1) is 0 Å². The Balaban J connectivity index is 1.82. The molecule has 25 heavy (non-hydrogen) atoms. The second kappa shape index (κ2) is 6.48. The zero-order valence-electron chi connectivity index (χ0n) is 15.4. The molecule has 0 radical (unpaired) electrons. The van der Waals surface area contributed by atoms with Crippen molar-refractivity contribution in [3.05, 3.63) is 41.7 Å². The summed E-state index contributed by atoms with van der Waals surface area (Å²) < 4.78 is 19.1. The molecule has 1 aliphatic heterocycles. The average Bonchev–Trinajstić information content (AvgIpc) is 3.06. The third-order valence-electron chi connectivity index (χ3n) is 5.03. The van der Waals surface area contributed by atoms with E-state index in [9.17, 15) is 5.11 Å². The van der Waals surface area contributed by atoms with E-state index in [1.54, 1.807) is 11.8 Å². The molecule has 6 nitrogen and oxygen atoms in total. The molecule has 1 aromatic carbocycles. The molecule has 0 unspecified atom stereocenters. The summed E-state index contributed by atoms with van der Waals surface area (Å²) in [5, 5.41) is 14.2. The molecule has 3 rings (SSSR count). The summed E-state index contributed by atoms with van der Waals surface area (Å²) in [4.78, 5) is 0. The zero-order chi connectivity index (χ0) is 18.2. The number of ether oxygens (including phenoxy) is 1. The second-order valence-electron chi connectivity index (χ2n) is 7.32. The molecule has 0 spiro atoms. The lowest BCUT2D eigenvalue weighted by atomic mass is 9.79. The zero-order valence-corrected chi connectivity index (χ0v) is 15.4. The maximum Gasteiger partial charge on any atom is 0.498 e. The molecule has 1 fully saturated rings. The number of benzene rings is 1. The van der Waals surface area contributed by atoms with E-state index in [1.165, 1.54) is 0 Å². The number of hydrogen-bond acceptors (Lipinski definition) is 5. The maximum absolute atomic E-state index is 9.68. The number of nitrogens with zero attached hydrogens (tertiary/aromatic N) is 2. The minimum atomic E-state index is -0.531. The van der Waals surface area contributed by atoms with E-state index in [-0.39, 0.29) is 6.61 Å². The monoisotopic (exact) mass is 344 g/mol. The Bertz CT molecular complexity index is 724. The van der Waals surface area contributed by atoms with Crippen LogP contribution in [0.25, 0.3) is 0 Å². The summed E-state index contributed by atoms with van der Waals surface area (Å²) in [6.07, 6.45) is 1.89. The average molecular weight is 344 g/mol. The Morgan fingerprint density at radius 1 is 1.12 bits per heavy atom. The van der Waals surface area contributed by atoms with Crippen LogP contribution < -0.4 is 10.2 Å². The first-order chi connectivity index (χ1) is 11.8. The van der Waals surface area contributed by atoms with Gasteiger partial charge in [0, 0.05) is 11.7 Å². The molecule has 0 bridgehead atoms. The van der Waals surface area contributed by atoms with Gasteiger partial charge in [-0.3, -0.25) is 4.68 Å². The largest absolute Gasteiger partial charge is 0.498 e. The highest BCUT2D eigenvalue weighted by atomic mass is 16.7. The van der Waals surface area contributed by atoms with Crippen molar-refractivity contribution >= 4 is 12.6 Å². The number of methoxy groups -OCH3 is 1. The van der Waals surface area contributed by atoms with Gasteiger partial charge in [-0.2, -0.15) is 5.10 Å². The van der Waals surface area contributed by atoms with Crippen molar-refractivity contribution in [1.29, 1.82) is 0 Å². The number of rotatable bonds is 5. The van der Waals surface area contributed by atoms with Gasteiger partial charge >= 0.3 is 7.12 Å². The van der Waals surface area contributed by atoms with Crippen LogP contribution in [-0.2, 0) is 22.5 Å². The smallest absolute Gasteiger partial charge is 0.497 e. The predicted molar refractivity (Wildman–Crippen MR) is 96.0 cm³/mol. The van der Waals surface area contributed by atoms with Gasteiger partial charge in [-0.1, -0.05) is 12.1 Å². The minimum Gasteiger partial charge on any atom is -0.497 e. The van der Waals surface area contributed by atoms with E-state index in [4.69, 9.17) is 14.0 Å². The highest BCUT2D eigenvalue weighted by Gasteiger charge is 2.52. The first-order valence-electron chi connectivity index (χ1n) is 8.41. The fourth-order valence-electron chi connectivity index (χ4n) is 2.77. The number of hydrogen-bond donors (Lipinski definition) is 1. The first kappa shape index (κ1) is 18.0. The maximum atomic E-state index is 9.68. The van der Waals surface area contributed by atoms with Gasteiger partial charge in [0.15, 0.2) is 0 Å². The van der Waals surface area contributed by atoms with Gasteiger partial charge in [-0.05, 0) is 45.4 Å². The number of aliphatic hydroxyl groups excluding tert-OH is 1. The molecule has 0 saturated carbocycles. The quantitative estimate of drug-likeness (QED) is 0.837. The van der Waals surface area contributed by atoms with Crippen molar-refractivity contribution in [1.82, 2.24) is 9.78 Å². The van der Waals surface area contributed by atoms with Gasteiger partial charge < -0.3 is 19.2 Å². The predicted octanol–water partition coefficient (Wildman–Crippen LogP) is 1.73. The van der Waals surface area contributed by atoms with Gasteiger partial charge in [0.1, 0.15) is 5.75 Å². The fraction of sp³-hybridized carbons (Fsp3) is 0.500. The van der Waals surface area contributed by atoms with Crippen LogP contribution in [0.4, 0.5) is 0 Å². The third-order valence-corrected chi connectivity index (χ3v) is 5.03. The first-order valence-corrected chi connectivity index (χ1v) is 8.41. The van der Waals surface area contributed by atoms with Crippen molar-refractivity contribution in [2.24, 2.45) is 0 Å². The summed E-state index contributed by atoms with van der Waals surface area (Å²) in [5.74, 6) is 0.818. The molecule has 0 atom stereocenters. The van der Waals surface area contributed by atoms with Crippen molar-refractivity contribution in [3.8, 4) is 5.75 Å². The summed E-state index contributed by atoms with van der Waals surface area (Å²) in [5.41, 5.74) is 1.58. The fourth-order valence-corrected chi connectivity index (χ4v) is 2.77. The van der Waals surface area contributed by atoms with E-state index >= 15 is 0 Å². The molecular weight excluding hydrogens is 319 g/mol. The molecule has 0 amide bonds. The van der Waals surface area contributed by atoms with Crippen LogP contribution in [0.1, 0.15) is 39.0 Å². The number of aliphatic hydroxyl groups is 1. The summed E-state index contributed by atoms with van der Waals surface area (Å²) in [6.45, 7) is 8.47. The topological polar surface area (TPSA) is 65.7 Å². The molecule has 1 aromatic heterocycles. The van der Waals surface area contributed by atoms with Crippen LogP contribution >= 0.6 is 0 Å². The Kier molecular flexibility index (Phi) is 4.66. The highest BCUT2D eigenvalue weighted by Crippen LogP contribution is 2.36. The van der Waals surface area contributed by atoms with Crippen molar-refractivity contribution in [2.75, 3.05) is 7.11 Å². The second-order valence-corrected chi connectivity index (χ2v) is 7.32. The number of aromatic nitrogens is 2. The molecule has 134 valence electrons. The van der Waals surface area contributed by atoms with Gasteiger partial charge in [0.25, 0.3) is 0 Å².